The smallest absolute Gasteiger partial charge is 0.335 e. The van der Waals surface area contributed by atoms with Crippen molar-refractivity contribution in [1.29, 1.82) is 5.26 Å². The van der Waals surface area contributed by atoms with Crippen LogP contribution in [0.5, 0.6) is 5.75 Å². The van der Waals surface area contributed by atoms with Crippen LogP contribution in [0.4, 0.5) is 5.82 Å². The number of benzene rings is 2. The number of carboxylic acids is 1. The van der Waals surface area contributed by atoms with Crippen molar-refractivity contribution in [1.82, 2.24) is 4.98 Å². The molecule has 3 aromatic rings. The molecule has 0 unspecified atom stereocenters. The van der Waals surface area contributed by atoms with Crippen molar-refractivity contribution in [3.63, 3.8) is 0 Å². The topological polar surface area (TPSA) is 118 Å². The summed E-state index contributed by atoms with van der Waals surface area (Å²) in [5.41, 5.74) is 8.56. The largest absolute Gasteiger partial charge is 0.478 e. The normalized spacial score (nSPS) is 10.3. The monoisotopic (exact) mass is 375 g/mol. The number of carbonyl (C=O) groups is 1. The van der Waals surface area contributed by atoms with Crippen molar-refractivity contribution >= 4 is 11.8 Å². The lowest BCUT2D eigenvalue weighted by Crippen LogP contribution is -2.03. The molecule has 0 atom stereocenters. The molecule has 0 amide bonds. The molecule has 0 fully saturated rings. The van der Waals surface area contributed by atoms with Gasteiger partial charge in [0.1, 0.15) is 23.2 Å². The lowest BCUT2D eigenvalue weighted by molar-refractivity contribution is 0.0515. The van der Waals surface area contributed by atoms with Crippen LogP contribution in [0.2, 0.25) is 0 Å². The average Bonchev–Trinajstić information content (AvgIpc) is 2.72. The molecule has 0 aliphatic carbocycles. The number of aromatic carboxylic acids is 1. The highest BCUT2D eigenvalue weighted by atomic mass is 16.7. The van der Waals surface area contributed by atoms with Gasteiger partial charge < -0.3 is 20.3 Å². The first-order valence-electron chi connectivity index (χ1n) is 8.30. The van der Waals surface area contributed by atoms with Crippen molar-refractivity contribution in [2.75, 3.05) is 19.6 Å². The van der Waals surface area contributed by atoms with Gasteiger partial charge in [0.2, 0.25) is 0 Å². The molecular formula is C21H17N3O4. The van der Waals surface area contributed by atoms with E-state index in [-0.39, 0.29) is 23.7 Å². The first kappa shape index (κ1) is 18.9. The number of hydrogen-bond acceptors (Lipinski definition) is 6. The first-order chi connectivity index (χ1) is 13.5. The highest BCUT2D eigenvalue weighted by molar-refractivity contribution is 5.90. The Balaban J connectivity index is 2.19. The van der Waals surface area contributed by atoms with E-state index in [9.17, 15) is 15.2 Å². The third kappa shape index (κ3) is 3.77. The fourth-order valence-electron chi connectivity index (χ4n) is 2.79. The van der Waals surface area contributed by atoms with Crippen molar-refractivity contribution in [3.8, 4) is 34.2 Å². The van der Waals surface area contributed by atoms with E-state index in [1.54, 1.807) is 24.3 Å². The molecule has 2 aromatic carbocycles. The van der Waals surface area contributed by atoms with Crippen LogP contribution in [-0.4, -0.2) is 30.0 Å². The van der Waals surface area contributed by atoms with Gasteiger partial charge in [-0.25, -0.2) is 9.78 Å². The van der Waals surface area contributed by atoms with Gasteiger partial charge in [0.05, 0.1) is 11.3 Å². The molecule has 3 N–H and O–H groups in total. The van der Waals surface area contributed by atoms with Gasteiger partial charge >= 0.3 is 5.97 Å². The molecular weight excluding hydrogens is 358 g/mol. The molecule has 0 spiro atoms. The van der Waals surface area contributed by atoms with Crippen molar-refractivity contribution in [2.45, 2.75) is 0 Å². The number of methoxy groups -OCH3 is 1. The Kier molecular flexibility index (Phi) is 5.53. The van der Waals surface area contributed by atoms with Crippen LogP contribution < -0.4 is 10.5 Å². The number of nitrogens with zero attached hydrogens (tertiary/aromatic N) is 2. The molecule has 7 nitrogen and oxygen atoms in total. The number of para-hydroxylation sites is 1. The Morgan fingerprint density at radius 1 is 1.18 bits per heavy atom. The minimum absolute atomic E-state index is 0.0530. The number of nitrogen functional groups attached to an aromatic ring is 1. The fourth-order valence-corrected chi connectivity index (χ4v) is 2.79. The van der Waals surface area contributed by atoms with E-state index in [1.165, 1.54) is 19.2 Å². The zero-order chi connectivity index (χ0) is 20.1. The van der Waals surface area contributed by atoms with E-state index in [2.05, 4.69) is 11.1 Å². The van der Waals surface area contributed by atoms with E-state index >= 15 is 0 Å². The molecule has 7 heteroatoms. The Hall–Kier alpha value is -3.89. The second-order valence-electron chi connectivity index (χ2n) is 5.86. The van der Waals surface area contributed by atoms with Gasteiger partial charge in [-0.15, -0.1) is 0 Å². The van der Waals surface area contributed by atoms with Gasteiger partial charge in [-0.2, -0.15) is 5.26 Å². The maximum atomic E-state index is 11.3. The Morgan fingerprint density at radius 3 is 2.68 bits per heavy atom. The second-order valence-corrected chi connectivity index (χ2v) is 5.86. The molecule has 1 aromatic heterocycles. The van der Waals surface area contributed by atoms with E-state index in [0.717, 1.165) is 0 Å². The Labute approximate surface area is 161 Å². The van der Waals surface area contributed by atoms with Crippen LogP contribution >= 0.6 is 0 Å². The predicted molar refractivity (Wildman–Crippen MR) is 104 cm³/mol. The van der Waals surface area contributed by atoms with Crippen LogP contribution in [0.25, 0.3) is 22.4 Å². The average molecular weight is 375 g/mol. The molecule has 1 heterocycles. The summed E-state index contributed by atoms with van der Waals surface area (Å²) in [6.45, 7) is 0.0658. The number of ether oxygens (including phenoxy) is 2. The standard InChI is InChI=1S/C21H17N3O4/c1-27-12-28-19-8-3-2-7-15(19)18-10-16(17(11-22)20(23)24-18)13-5-4-6-14(9-13)21(25)26/h2-10H,12H2,1H3,(H2,23,24)(H,25,26). The van der Waals surface area contributed by atoms with Crippen LogP contribution in [0.1, 0.15) is 15.9 Å². The van der Waals surface area contributed by atoms with Gasteiger partial charge in [0.15, 0.2) is 6.79 Å². The number of nitriles is 1. The number of carboxylic acid groups (broad SMARTS) is 1. The fraction of sp³-hybridized carbons (Fsp3) is 0.0952. The number of hydrogen-bond donors (Lipinski definition) is 2. The number of pyridine rings is 1. The van der Waals surface area contributed by atoms with Gasteiger partial charge in [0, 0.05) is 18.2 Å². The number of rotatable bonds is 6. The molecule has 140 valence electrons. The molecule has 0 saturated heterocycles. The Morgan fingerprint density at radius 2 is 1.96 bits per heavy atom. The summed E-state index contributed by atoms with van der Waals surface area (Å²) in [7, 11) is 1.52. The highest BCUT2D eigenvalue weighted by Crippen LogP contribution is 2.35. The SMILES string of the molecule is COCOc1ccccc1-c1cc(-c2cccc(C(=O)O)c2)c(C#N)c(N)n1. The Bertz CT molecular complexity index is 1070. The molecule has 0 saturated carbocycles. The highest BCUT2D eigenvalue weighted by Gasteiger charge is 2.16. The molecule has 3 rings (SSSR count). The summed E-state index contributed by atoms with van der Waals surface area (Å²) in [5, 5.41) is 18.8. The summed E-state index contributed by atoms with van der Waals surface area (Å²) in [6.07, 6.45) is 0. The quantitative estimate of drug-likeness (QED) is 0.632. The lowest BCUT2D eigenvalue weighted by Gasteiger charge is -2.13. The van der Waals surface area contributed by atoms with Crippen LogP contribution in [-0.2, 0) is 4.74 Å². The summed E-state index contributed by atoms with van der Waals surface area (Å²) in [6, 6.07) is 17.3. The number of anilines is 1. The van der Waals surface area contributed by atoms with Gasteiger partial charge in [0.25, 0.3) is 0 Å². The maximum absolute atomic E-state index is 11.3. The minimum atomic E-state index is -1.05. The van der Waals surface area contributed by atoms with Gasteiger partial charge in [-0.05, 0) is 35.9 Å². The zero-order valence-corrected chi connectivity index (χ0v) is 15.0. The van der Waals surface area contributed by atoms with Gasteiger partial charge in [-0.3, -0.25) is 0 Å². The van der Waals surface area contributed by atoms with Crippen LogP contribution in [0, 0.1) is 11.3 Å². The first-order valence-corrected chi connectivity index (χ1v) is 8.30. The molecule has 0 aliphatic heterocycles. The van der Waals surface area contributed by atoms with Crippen LogP contribution in [0.15, 0.2) is 54.6 Å². The molecule has 0 radical (unpaired) electrons. The zero-order valence-electron chi connectivity index (χ0n) is 15.0. The van der Waals surface area contributed by atoms with Crippen molar-refractivity contribution in [2.24, 2.45) is 0 Å². The molecule has 28 heavy (non-hydrogen) atoms. The summed E-state index contributed by atoms with van der Waals surface area (Å²) in [4.78, 5) is 15.7. The van der Waals surface area contributed by atoms with E-state index in [1.807, 2.05) is 18.2 Å². The minimum Gasteiger partial charge on any atom is -0.478 e. The van der Waals surface area contributed by atoms with E-state index < -0.39 is 5.97 Å². The van der Waals surface area contributed by atoms with Crippen LogP contribution in [0.3, 0.4) is 0 Å². The summed E-state index contributed by atoms with van der Waals surface area (Å²) in [5.74, 6) is -0.454. The van der Waals surface area contributed by atoms with Crippen molar-refractivity contribution < 1.29 is 19.4 Å². The van der Waals surface area contributed by atoms with E-state index in [0.29, 0.717) is 28.1 Å². The predicted octanol–water partition coefficient (Wildman–Crippen LogP) is 3.55. The third-order valence-electron chi connectivity index (χ3n) is 4.08. The van der Waals surface area contributed by atoms with E-state index in [4.69, 9.17) is 15.2 Å². The summed E-state index contributed by atoms with van der Waals surface area (Å²) < 4.78 is 10.5. The second kappa shape index (κ2) is 8.20. The van der Waals surface area contributed by atoms with Gasteiger partial charge in [-0.1, -0.05) is 24.3 Å². The third-order valence-corrected chi connectivity index (χ3v) is 4.08. The summed E-state index contributed by atoms with van der Waals surface area (Å²) >= 11 is 0. The molecule has 0 aliphatic rings. The maximum Gasteiger partial charge on any atom is 0.335 e. The molecule has 0 bridgehead atoms. The van der Waals surface area contributed by atoms with Crippen molar-refractivity contribution in [3.05, 3.63) is 65.7 Å². The number of aromatic nitrogens is 1. The lowest BCUT2D eigenvalue weighted by atomic mass is 9.97. The number of nitrogens with two attached hydrogens (primary N) is 1.